The lowest BCUT2D eigenvalue weighted by Crippen LogP contribution is -2.01. The first-order valence-corrected chi connectivity index (χ1v) is 6.28. The number of hydrogen-bond acceptors (Lipinski definition) is 4. The maximum Gasteiger partial charge on any atom is 0.184 e. The van der Waals surface area contributed by atoms with E-state index in [1.165, 1.54) is 0 Å². The third-order valence-corrected chi connectivity index (χ3v) is 3.24. The number of methoxy groups -OCH3 is 1. The van der Waals surface area contributed by atoms with Crippen molar-refractivity contribution in [1.29, 1.82) is 0 Å². The summed E-state index contributed by atoms with van der Waals surface area (Å²) in [6.07, 6.45) is 3.63. The van der Waals surface area contributed by atoms with Crippen molar-refractivity contribution >= 4 is 0 Å². The van der Waals surface area contributed by atoms with Gasteiger partial charge in [0.05, 0.1) is 18.5 Å². The molecular weight excluding hydrogens is 254 g/mol. The summed E-state index contributed by atoms with van der Waals surface area (Å²) in [5.41, 5.74) is 1.90. The van der Waals surface area contributed by atoms with Gasteiger partial charge in [0.1, 0.15) is 11.6 Å². The lowest BCUT2D eigenvalue weighted by molar-refractivity contribution is 0.414. The molecule has 0 fully saturated rings. The Kier molecular flexibility index (Phi) is 2.98. The Morgan fingerprint density at radius 1 is 1.10 bits per heavy atom. The van der Waals surface area contributed by atoms with Crippen LogP contribution in [0.4, 0.5) is 0 Å². The van der Waals surface area contributed by atoms with Crippen LogP contribution < -0.4 is 4.74 Å². The molecule has 1 aromatic carbocycles. The van der Waals surface area contributed by atoms with Crippen molar-refractivity contribution in [2.75, 3.05) is 7.11 Å². The van der Waals surface area contributed by atoms with Crippen LogP contribution >= 0.6 is 0 Å². The summed E-state index contributed by atoms with van der Waals surface area (Å²) in [4.78, 5) is 4.21. The largest absolute Gasteiger partial charge is 0.497 e. The molecule has 0 bridgehead atoms. The van der Waals surface area contributed by atoms with Crippen molar-refractivity contribution in [2.45, 2.75) is 13.8 Å². The highest BCUT2D eigenvalue weighted by molar-refractivity contribution is 5.40. The van der Waals surface area contributed by atoms with Crippen LogP contribution in [0.5, 0.6) is 5.75 Å². The van der Waals surface area contributed by atoms with Gasteiger partial charge in [-0.1, -0.05) is 5.21 Å². The maximum atomic E-state index is 5.16. The number of aromatic nitrogens is 5. The predicted molar refractivity (Wildman–Crippen MR) is 74.5 cm³/mol. The van der Waals surface area contributed by atoms with E-state index >= 15 is 0 Å². The number of benzene rings is 1. The molecule has 3 aromatic rings. The summed E-state index contributed by atoms with van der Waals surface area (Å²) in [7, 11) is 1.65. The minimum Gasteiger partial charge on any atom is -0.497 e. The van der Waals surface area contributed by atoms with Gasteiger partial charge in [-0.25, -0.2) is 9.67 Å². The fourth-order valence-corrected chi connectivity index (χ4v) is 2.11. The normalized spacial score (nSPS) is 10.8. The predicted octanol–water partition coefficient (Wildman–Crippen LogP) is 2.08. The molecule has 0 atom stereocenters. The van der Waals surface area contributed by atoms with E-state index in [0.29, 0.717) is 0 Å². The average molecular weight is 269 g/mol. The van der Waals surface area contributed by atoms with Gasteiger partial charge in [-0.05, 0) is 38.1 Å². The zero-order valence-corrected chi connectivity index (χ0v) is 11.6. The highest BCUT2D eigenvalue weighted by Gasteiger charge is 2.13. The molecule has 0 radical (unpaired) electrons. The Hall–Kier alpha value is -2.63. The van der Waals surface area contributed by atoms with E-state index in [4.69, 9.17) is 4.74 Å². The number of ether oxygens (including phenoxy) is 1. The van der Waals surface area contributed by atoms with E-state index in [1.807, 2.05) is 48.9 Å². The SMILES string of the molecule is COc1ccc(-n2nnc(-n3ccnc3C)c2C)cc1. The first-order chi connectivity index (χ1) is 9.70. The Morgan fingerprint density at radius 3 is 2.45 bits per heavy atom. The molecule has 0 aliphatic heterocycles. The van der Waals surface area contributed by atoms with Gasteiger partial charge in [0.2, 0.25) is 0 Å². The Labute approximate surface area is 116 Å². The third-order valence-electron chi connectivity index (χ3n) is 3.24. The second kappa shape index (κ2) is 4.80. The third kappa shape index (κ3) is 1.95. The van der Waals surface area contributed by atoms with E-state index in [1.54, 1.807) is 18.0 Å². The van der Waals surface area contributed by atoms with Crippen molar-refractivity contribution in [3.63, 3.8) is 0 Å². The zero-order valence-electron chi connectivity index (χ0n) is 11.6. The smallest absolute Gasteiger partial charge is 0.184 e. The molecule has 0 amide bonds. The van der Waals surface area contributed by atoms with Crippen LogP contribution in [0.3, 0.4) is 0 Å². The molecule has 6 nitrogen and oxygen atoms in total. The Balaban J connectivity index is 2.03. The summed E-state index contributed by atoms with van der Waals surface area (Å²) >= 11 is 0. The number of rotatable bonds is 3. The molecule has 0 N–H and O–H groups in total. The van der Waals surface area contributed by atoms with Crippen LogP contribution in [0, 0.1) is 13.8 Å². The van der Waals surface area contributed by atoms with E-state index in [-0.39, 0.29) is 0 Å². The average Bonchev–Trinajstić information content (AvgIpc) is 3.05. The van der Waals surface area contributed by atoms with Gasteiger partial charge in [0.15, 0.2) is 5.82 Å². The van der Waals surface area contributed by atoms with Gasteiger partial charge in [0, 0.05) is 12.4 Å². The topological polar surface area (TPSA) is 57.8 Å². The van der Waals surface area contributed by atoms with Gasteiger partial charge >= 0.3 is 0 Å². The summed E-state index contributed by atoms with van der Waals surface area (Å²) in [6.45, 7) is 3.92. The molecule has 0 saturated heterocycles. The fraction of sp³-hybridized carbons (Fsp3) is 0.214. The number of hydrogen-bond donors (Lipinski definition) is 0. The number of imidazole rings is 1. The van der Waals surface area contributed by atoms with E-state index in [0.717, 1.165) is 28.8 Å². The van der Waals surface area contributed by atoms with E-state index in [2.05, 4.69) is 15.3 Å². The van der Waals surface area contributed by atoms with Crippen LogP contribution in [-0.2, 0) is 0 Å². The molecule has 102 valence electrons. The Morgan fingerprint density at radius 2 is 1.85 bits per heavy atom. The number of aryl methyl sites for hydroxylation is 1. The van der Waals surface area contributed by atoms with Crippen LogP contribution in [0.1, 0.15) is 11.5 Å². The zero-order chi connectivity index (χ0) is 14.1. The van der Waals surface area contributed by atoms with Crippen molar-refractivity contribution < 1.29 is 4.74 Å². The highest BCUT2D eigenvalue weighted by Crippen LogP contribution is 2.18. The first-order valence-electron chi connectivity index (χ1n) is 6.28. The quantitative estimate of drug-likeness (QED) is 0.730. The molecule has 6 heteroatoms. The van der Waals surface area contributed by atoms with Crippen LogP contribution in [0.15, 0.2) is 36.7 Å². The molecule has 0 spiro atoms. The van der Waals surface area contributed by atoms with Gasteiger partial charge < -0.3 is 4.74 Å². The monoisotopic (exact) mass is 269 g/mol. The molecule has 2 aromatic heterocycles. The summed E-state index contributed by atoms with van der Waals surface area (Å²) in [6, 6.07) is 7.70. The van der Waals surface area contributed by atoms with Gasteiger partial charge in [-0.3, -0.25) is 4.57 Å². The summed E-state index contributed by atoms with van der Waals surface area (Å²) < 4.78 is 8.88. The van der Waals surface area contributed by atoms with Crippen molar-refractivity contribution in [3.8, 4) is 17.3 Å². The van der Waals surface area contributed by atoms with E-state index < -0.39 is 0 Å². The number of nitrogens with zero attached hydrogens (tertiary/aromatic N) is 5. The second-order valence-electron chi connectivity index (χ2n) is 4.45. The lowest BCUT2D eigenvalue weighted by atomic mass is 10.3. The molecular formula is C14H15N5O. The molecule has 0 unspecified atom stereocenters. The molecule has 0 saturated carbocycles. The lowest BCUT2D eigenvalue weighted by Gasteiger charge is -2.06. The van der Waals surface area contributed by atoms with Gasteiger partial charge in [-0.15, -0.1) is 5.10 Å². The molecule has 20 heavy (non-hydrogen) atoms. The van der Waals surface area contributed by atoms with E-state index in [9.17, 15) is 0 Å². The van der Waals surface area contributed by atoms with Gasteiger partial charge in [0.25, 0.3) is 0 Å². The standard InChI is InChI=1S/C14H15N5O/c1-10-14(18-9-8-15-11(18)2)16-17-19(10)12-4-6-13(20-3)7-5-12/h4-9H,1-3H3. The maximum absolute atomic E-state index is 5.16. The second-order valence-corrected chi connectivity index (χ2v) is 4.45. The highest BCUT2D eigenvalue weighted by atomic mass is 16.5. The van der Waals surface area contributed by atoms with Crippen molar-refractivity contribution in [3.05, 3.63) is 48.2 Å². The summed E-state index contributed by atoms with van der Waals surface area (Å²) in [5, 5.41) is 8.46. The fourth-order valence-electron chi connectivity index (χ4n) is 2.11. The van der Waals surface area contributed by atoms with Crippen molar-refractivity contribution in [1.82, 2.24) is 24.5 Å². The Bertz CT molecular complexity index is 726. The molecule has 2 heterocycles. The molecule has 0 aliphatic rings. The van der Waals surface area contributed by atoms with Crippen LogP contribution in [0.25, 0.3) is 11.5 Å². The first kappa shape index (κ1) is 12.4. The minimum absolute atomic E-state index is 0.788. The minimum atomic E-state index is 0.788. The molecule has 3 rings (SSSR count). The van der Waals surface area contributed by atoms with Crippen LogP contribution in [0.2, 0.25) is 0 Å². The van der Waals surface area contributed by atoms with Crippen LogP contribution in [-0.4, -0.2) is 31.7 Å². The summed E-state index contributed by atoms with van der Waals surface area (Å²) in [5.74, 6) is 2.49. The van der Waals surface area contributed by atoms with Crippen molar-refractivity contribution in [2.24, 2.45) is 0 Å². The van der Waals surface area contributed by atoms with Gasteiger partial charge in [-0.2, -0.15) is 0 Å². The molecule has 0 aliphatic carbocycles.